The molecule has 1 aromatic carbocycles. The molecule has 1 aliphatic rings. The van der Waals surface area contributed by atoms with Gasteiger partial charge in [0, 0.05) is 16.6 Å². The van der Waals surface area contributed by atoms with Gasteiger partial charge in [0.2, 0.25) is 0 Å². The number of ether oxygens (including phenoxy) is 1. The van der Waals surface area contributed by atoms with Gasteiger partial charge in [-0.3, -0.25) is 9.78 Å². The van der Waals surface area contributed by atoms with Crippen LogP contribution in [0.3, 0.4) is 0 Å². The van der Waals surface area contributed by atoms with E-state index in [1.807, 2.05) is 18.2 Å². The molecule has 6 heteroatoms. The Labute approximate surface area is 151 Å². The molecule has 2 aromatic rings. The zero-order valence-corrected chi connectivity index (χ0v) is 14.7. The number of nitrogens with zero attached hydrogens (tertiary/aromatic N) is 1. The second-order valence-corrected chi connectivity index (χ2v) is 6.46. The van der Waals surface area contributed by atoms with Crippen LogP contribution < -0.4 is 5.32 Å². The van der Waals surface area contributed by atoms with Gasteiger partial charge in [0.25, 0.3) is 5.91 Å². The minimum Gasteiger partial charge on any atom is -0.449 e. The fraction of sp³-hybridized carbons (Fsp3) is 0.316. The Morgan fingerprint density at radius 3 is 2.80 bits per heavy atom. The molecule has 1 heterocycles. The third-order valence-corrected chi connectivity index (χ3v) is 4.62. The van der Waals surface area contributed by atoms with Crippen LogP contribution in [0.5, 0.6) is 0 Å². The highest BCUT2D eigenvalue weighted by Gasteiger charge is 2.24. The molecule has 25 heavy (non-hydrogen) atoms. The van der Waals surface area contributed by atoms with Gasteiger partial charge in [-0.1, -0.05) is 17.7 Å². The number of carbonyl (C=O) groups excluding carboxylic acids is 2. The van der Waals surface area contributed by atoms with Crippen LogP contribution in [0.15, 0.2) is 47.1 Å². The first-order chi connectivity index (χ1) is 12.1. The van der Waals surface area contributed by atoms with E-state index in [9.17, 15) is 9.59 Å². The average Bonchev–Trinajstić information content (AvgIpc) is 2.62. The van der Waals surface area contributed by atoms with Crippen LogP contribution in [0.2, 0.25) is 0 Å². The molecule has 0 spiro atoms. The third kappa shape index (κ3) is 3.99. The summed E-state index contributed by atoms with van der Waals surface area (Å²) in [6.07, 6.45) is 3.94. The molecule has 5 nitrogen and oxygen atoms in total. The molecule has 1 atom stereocenters. The van der Waals surface area contributed by atoms with Crippen LogP contribution in [0.4, 0.5) is 5.69 Å². The second kappa shape index (κ2) is 7.66. The van der Waals surface area contributed by atoms with Gasteiger partial charge in [-0.15, -0.1) is 0 Å². The largest absolute Gasteiger partial charge is 0.449 e. The van der Waals surface area contributed by atoms with Crippen LogP contribution in [0, 0.1) is 0 Å². The first kappa shape index (κ1) is 17.4. The van der Waals surface area contributed by atoms with Crippen molar-refractivity contribution < 1.29 is 14.3 Å². The summed E-state index contributed by atoms with van der Waals surface area (Å²) in [5.74, 6) is -0.899. The maximum atomic E-state index is 12.4. The Balaban J connectivity index is 1.69. The van der Waals surface area contributed by atoms with Crippen molar-refractivity contribution in [1.82, 2.24) is 4.98 Å². The van der Waals surface area contributed by atoms with Crippen LogP contribution in [-0.4, -0.2) is 23.0 Å². The monoisotopic (exact) mass is 358 g/mol. The molecule has 1 N–H and O–H groups in total. The fourth-order valence-corrected chi connectivity index (χ4v) is 3.12. The lowest BCUT2D eigenvalue weighted by molar-refractivity contribution is -0.149. The van der Waals surface area contributed by atoms with Gasteiger partial charge in [0.1, 0.15) is 0 Å². The first-order valence-electron chi connectivity index (χ1n) is 8.29. The van der Waals surface area contributed by atoms with Crippen LogP contribution >= 0.6 is 11.6 Å². The number of rotatable bonds is 4. The highest BCUT2D eigenvalue weighted by Crippen LogP contribution is 2.28. The summed E-state index contributed by atoms with van der Waals surface area (Å²) in [6.45, 7) is 1.55. The van der Waals surface area contributed by atoms with Gasteiger partial charge < -0.3 is 10.1 Å². The Kier molecular flexibility index (Phi) is 5.34. The van der Waals surface area contributed by atoms with Gasteiger partial charge in [-0.2, -0.15) is 0 Å². The number of allylic oxidation sites excluding steroid dienone is 1. The van der Waals surface area contributed by atoms with Crippen molar-refractivity contribution in [3.8, 4) is 0 Å². The van der Waals surface area contributed by atoms with E-state index in [-0.39, 0.29) is 0 Å². The highest BCUT2D eigenvalue weighted by atomic mass is 35.5. The zero-order chi connectivity index (χ0) is 17.8. The Hall–Kier alpha value is -2.40. The predicted octanol–water partition coefficient (Wildman–Crippen LogP) is 4.17. The smallest absolute Gasteiger partial charge is 0.335 e. The number of esters is 1. The van der Waals surface area contributed by atoms with Crippen molar-refractivity contribution in [3.05, 3.63) is 47.1 Å². The number of anilines is 1. The Bertz CT molecular complexity index is 842. The molecule has 1 amide bonds. The van der Waals surface area contributed by atoms with Crippen molar-refractivity contribution in [3.63, 3.8) is 0 Å². The zero-order valence-electron chi connectivity index (χ0n) is 13.9. The molecule has 1 aromatic heterocycles. The van der Waals surface area contributed by atoms with Gasteiger partial charge in [-0.05, 0) is 56.9 Å². The van der Waals surface area contributed by atoms with E-state index in [1.54, 1.807) is 25.3 Å². The Morgan fingerprint density at radius 1 is 1.20 bits per heavy atom. The minimum atomic E-state index is -0.918. The van der Waals surface area contributed by atoms with Gasteiger partial charge in [-0.25, -0.2) is 4.79 Å². The number of halogens is 1. The van der Waals surface area contributed by atoms with Gasteiger partial charge >= 0.3 is 5.97 Å². The quantitative estimate of drug-likeness (QED) is 0.833. The van der Waals surface area contributed by atoms with Crippen molar-refractivity contribution in [1.29, 1.82) is 0 Å². The molecule has 130 valence electrons. The molecule has 0 bridgehead atoms. The number of amides is 1. The first-order valence-corrected chi connectivity index (χ1v) is 8.67. The number of nitrogens with one attached hydrogen (secondary N) is 1. The van der Waals surface area contributed by atoms with E-state index in [0.29, 0.717) is 29.1 Å². The summed E-state index contributed by atoms with van der Waals surface area (Å²) in [5.41, 5.74) is 1.90. The molecule has 0 aliphatic heterocycles. The maximum Gasteiger partial charge on any atom is 0.335 e. The summed E-state index contributed by atoms with van der Waals surface area (Å²) in [6, 6.07) is 9.15. The number of hydrogen-bond acceptors (Lipinski definition) is 4. The predicted molar refractivity (Wildman–Crippen MR) is 97.3 cm³/mol. The van der Waals surface area contributed by atoms with Crippen LogP contribution in [0.1, 0.15) is 32.6 Å². The van der Waals surface area contributed by atoms with E-state index < -0.39 is 18.0 Å². The minimum absolute atomic E-state index is 0.391. The molecule has 0 saturated carbocycles. The summed E-state index contributed by atoms with van der Waals surface area (Å²) in [4.78, 5) is 28.9. The van der Waals surface area contributed by atoms with E-state index in [4.69, 9.17) is 16.3 Å². The molecule has 0 unspecified atom stereocenters. The SMILES string of the molecule is C[C@@H](OC(=O)C1=C(Cl)CCCC1)C(=O)Nc1cccc2ncccc12. The highest BCUT2D eigenvalue weighted by molar-refractivity contribution is 6.31. The summed E-state index contributed by atoms with van der Waals surface area (Å²) in [5, 5.41) is 4.17. The summed E-state index contributed by atoms with van der Waals surface area (Å²) < 4.78 is 5.30. The summed E-state index contributed by atoms with van der Waals surface area (Å²) in [7, 11) is 0. The molecule has 3 rings (SSSR count). The molecular formula is C19H19ClN2O3. The number of hydrogen-bond donors (Lipinski definition) is 1. The molecule has 0 saturated heterocycles. The summed E-state index contributed by atoms with van der Waals surface area (Å²) >= 11 is 6.11. The standard InChI is InChI=1S/C19H19ClN2O3/c1-12(25-19(24)13-6-2-3-8-15(13)20)18(23)22-17-10-4-9-16-14(17)7-5-11-21-16/h4-5,7,9-12H,2-3,6,8H2,1H3,(H,22,23)/t12-/m1/s1. The van der Waals surface area contributed by atoms with Crippen LogP contribution in [0.25, 0.3) is 10.9 Å². The van der Waals surface area contributed by atoms with E-state index in [2.05, 4.69) is 10.3 Å². The topological polar surface area (TPSA) is 68.3 Å². The van der Waals surface area contributed by atoms with Gasteiger partial charge in [0.15, 0.2) is 6.10 Å². The normalized spacial score (nSPS) is 15.8. The van der Waals surface area contributed by atoms with Crippen molar-refractivity contribution in [2.75, 3.05) is 5.32 Å². The number of pyridine rings is 1. The van der Waals surface area contributed by atoms with Crippen molar-refractivity contribution in [2.24, 2.45) is 0 Å². The van der Waals surface area contributed by atoms with E-state index in [0.717, 1.165) is 23.7 Å². The van der Waals surface area contributed by atoms with Crippen molar-refractivity contribution >= 4 is 40.1 Å². The lowest BCUT2D eigenvalue weighted by Crippen LogP contribution is -2.30. The number of aromatic nitrogens is 1. The number of carbonyl (C=O) groups is 2. The molecular weight excluding hydrogens is 340 g/mol. The number of fused-ring (bicyclic) bond motifs is 1. The second-order valence-electron chi connectivity index (χ2n) is 6.00. The van der Waals surface area contributed by atoms with Gasteiger partial charge in [0.05, 0.1) is 16.8 Å². The molecule has 0 radical (unpaired) electrons. The van der Waals surface area contributed by atoms with E-state index >= 15 is 0 Å². The lowest BCUT2D eigenvalue weighted by atomic mass is 9.99. The van der Waals surface area contributed by atoms with Crippen molar-refractivity contribution in [2.45, 2.75) is 38.7 Å². The average molecular weight is 359 g/mol. The Morgan fingerprint density at radius 2 is 2.00 bits per heavy atom. The van der Waals surface area contributed by atoms with Crippen LogP contribution in [-0.2, 0) is 14.3 Å². The molecule has 0 fully saturated rings. The van der Waals surface area contributed by atoms with E-state index in [1.165, 1.54) is 0 Å². The maximum absolute atomic E-state index is 12.4. The molecule has 1 aliphatic carbocycles. The fourth-order valence-electron chi connectivity index (χ4n) is 2.81. The number of benzene rings is 1. The third-order valence-electron chi connectivity index (χ3n) is 4.20. The lowest BCUT2D eigenvalue weighted by Gasteiger charge is -2.18.